The summed E-state index contributed by atoms with van der Waals surface area (Å²) in [5, 5.41) is 7.38. The molecule has 0 aliphatic rings. The molecular formula is C12H15FN4. The maximum atomic E-state index is 13.2. The van der Waals surface area contributed by atoms with Gasteiger partial charge in [-0.25, -0.2) is 4.39 Å². The van der Waals surface area contributed by atoms with E-state index < -0.39 is 0 Å². The number of nitrogen functional groups attached to an aromatic ring is 1. The highest BCUT2D eigenvalue weighted by Crippen LogP contribution is 2.22. The Labute approximate surface area is 99.2 Å². The van der Waals surface area contributed by atoms with Gasteiger partial charge < -0.3 is 11.1 Å². The highest BCUT2D eigenvalue weighted by molar-refractivity contribution is 5.67. The highest BCUT2D eigenvalue weighted by atomic mass is 19.1. The van der Waals surface area contributed by atoms with Crippen molar-refractivity contribution < 1.29 is 4.39 Å². The van der Waals surface area contributed by atoms with Crippen LogP contribution in [0.2, 0.25) is 0 Å². The second-order valence-electron chi connectivity index (χ2n) is 4.02. The van der Waals surface area contributed by atoms with E-state index in [0.29, 0.717) is 17.8 Å². The summed E-state index contributed by atoms with van der Waals surface area (Å²) in [5.74, 6) is -0.286. The number of hydrogen-bond acceptors (Lipinski definition) is 3. The van der Waals surface area contributed by atoms with Crippen LogP contribution in [-0.2, 0) is 13.6 Å². The smallest absolute Gasteiger partial charge is 0.128 e. The quantitative estimate of drug-likeness (QED) is 0.799. The zero-order valence-electron chi connectivity index (χ0n) is 9.87. The predicted octanol–water partition coefficient (Wildman–Crippen LogP) is 2.06. The van der Waals surface area contributed by atoms with Crippen LogP contribution < -0.4 is 11.1 Å². The van der Waals surface area contributed by atoms with Crippen LogP contribution in [0.3, 0.4) is 0 Å². The van der Waals surface area contributed by atoms with E-state index in [1.807, 2.05) is 19.3 Å². The predicted molar refractivity (Wildman–Crippen MR) is 66.1 cm³/mol. The minimum absolute atomic E-state index is 0.286. The molecule has 0 atom stereocenters. The Morgan fingerprint density at radius 2 is 2.24 bits per heavy atom. The van der Waals surface area contributed by atoms with Crippen molar-refractivity contribution in [2.24, 2.45) is 7.05 Å². The van der Waals surface area contributed by atoms with Crippen LogP contribution in [-0.4, -0.2) is 9.78 Å². The van der Waals surface area contributed by atoms with Gasteiger partial charge >= 0.3 is 0 Å². The van der Waals surface area contributed by atoms with Gasteiger partial charge in [0.15, 0.2) is 0 Å². The molecular weight excluding hydrogens is 219 g/mol. The Bertz CT molecular complexity index is 533. The van der Waals surface area contributed by atoms with E-state index in [4.69, 9.17) is 5.73 Å². The van der Waals surface area contributed by atoms with Gasteiger partial charge in [-0.2, -0.15) is 5.10 Å². The molecule has 0 bridgehead atoms. The summed E-state index contributed by atoms with van der Waals surface area (Å²) in [6.07, 6.45) is 1.87. The number of halogens is 1. The summed E-state index contributed by atoms with van der Waals surface area (Å²) in [7, 11) is 1.86. The number of anilines is 2. The number of aryl methyl sites for hydroxylation is 2. The monoisotopic (exact) mass is 234 g/mol. The molecule has 0 radical (unpaired) electrons. The molecule has 0 spiro atoms. The zero-order chi connectivity index (χ0) is 12.4. The number of aromatic nitrogens is 2. The zero-order valence-corrected chi connectivity index (χ0v) is 9.87. The number of benzene rings is 1. The second-order valence-corrected chi connectivity index (χ2v) is 4.02. The third-order valence-corrected chi connectivity index (χ3v) is 2.56. The van der Waals surface area contributed by atoms with Gasteiger partial charge in [0, 0.05) is 13.2 Å². The van der Waals surface area contributed by atoms with E-state index in [1.165, 1.54) is 6.07 Å². The molecule has 90 valence electrons. The first kappa shape index (κ1) is 11.4. The molecule has 1 heterocycles. The van der Waals surface area contributed by atoms with Crippen molar-refractivity contribution in [1.82, 2.24) is 9.78 Å². The van der Waals surface area contributed by atoms with Crippen molar-refractivity contribution in [3.63, 3.8) is 0 Å². The molecule has 2 rings (SSSR count). The molecule has 2 aromatic rings. The van der Waals surface area contributed by atoms with Crippen LogP contribution >= 0.6 is 0 Å². The Morgan fingerprint density at radius 3 is 2.88 bits per heavy atom. The Balaban J connectivity index is 2.11. The van der Waals surface area contributed by atoms with E-state index in [1.54, 1.807) is 17.7 Å². The first-order valence-electron chi connectivity index (χ1n) is 5.34. The molecule has 5 heteroatoms. The first-order valence-corrected chi connectivity index (χ1v) is 5.34. The highest BCUT2D eigenvalue weighted by Gasteiger charge is 2.05. The number of rotatable bonds is 3. The third kappa shape index (κ3) is 2.55. The van der Waals surface area contributed by atoms with Crippen molar-refractivity contribution in [3.8, 4) is 0 Å². The largest absolute Gasteiger partial charge is 0.397 e. The van der Waals surface area contributed by atoms with Gasteiger partial charge in [-0.15, -0.1) is 0 Å². The van der Waals surface area contributed by atoms with Crippen LogP contribution in [0.1, 0.15) is 11.3 Å². The van der Waals surface area contributed by atoms with E-state index in [-0.39, 0.29) is 5.82 Å². The van der Waals surface area contributed by atoms with Gasteiger partial charge in [0.2, 0.25) is 0 Å². The number of nitrogens with two attached hydrogens (primary N) is 1. The standard InChI is InChI=1S/C12H15FN4/c1-8-5-12(11(14)6-10(8)13)15-7-9-3-4-17(2)16-9/h3-6,15H,7,14H2,1-2H3. The molecule has 3 N–H and O–H groups in total. The molecule has 1 aromatic heterocycles. The van der Waals surface area contributed by atoms with Gasteiger partial charge in [-0.1, -0.05) is 0 Å². The summed E-state index contributed by atoms with van der Waals surface area (Å²) in [6.45, 7) is 2.27. The molecule has 0 fully saturated rings. The molecule has 17 heavy (non-hydrogen) atoms. The fourth-order valence-electron chi connectivity index (χ4n) is 1.59. The molecule has 4 nitrogen and oxygen atoms in total. The summed E-state index contributed by atoms with van der Waals surface area (Å²) >= 11 is 0. The van der Waals surface area contributed by atoms with Crippen LogP contribution in [0.4, 0.5) is 15.8 Å². The molecule has 0 saturated carbocycles. The van der Waals surface area contributed by atoms with Crippen molar-refractivity contribution in [2.75, 3.05) is 11.1 Å². The fourth-order valence-corrected chi connectivity index (χ4v) is 1.59. The average Bonchev–Trinajstić information content (AvgIpc) is 2.68. The number of nitrogens with zero attached hydrogens (tertiary/aromatic N) is 2. The van der Waals surface area contributed by atoms with Crippen LogP contribution in [0, 0.1) is 12.7 Å². The number of hydrogen-bond donors (Lipinski definition) is 2. The molecule has 1 aromatic carbocycles. The molecule has 0 aliphatic heterocycles. The van der Waals surface area contributed by atoms with Gasteiger partial charge in [0.25, 0.3) is 0 Å². The van der Waals surface area contributed by atoms with E-state index >= 15 is 0 Å². The molecule has 0 saturated heterocycles. The molecule has 0 aliphatic carbocycles. The topological polar surface area (TPSA) is 55.9 Å². The Hall–Kier alpha value is -2.04. The van der Waals surface area contributed by atoms with Gasteiger partial charge in [-0.05, 0) is 30.7 Å². The van der Waals surface area contributed by atoms with E-state index in [9.17, 15) is 4.39 Å². The summed E-state index contributed by atoms with van der Waals surface area (Å²) in [5.41, 5.74) is 8.35. The van der Waals surface area contributed by atoms with E-state index in [0.717, 1.165) is 11.4 Å². The van der Waals surface area contributed by atoms with Gasteiger partial charge in [0.05, 0.1) is 23.6 Å². The van der Waals surface area contributed by atoms with Gasteiger partial charge in [0.1, 0.15) is 5.82 Å². The molecule has 0 amide bonds. The second kappa shape index (κ2) is 4.45. The SMILES string of the molecule is Cc1cc(NCc2ccn(C)n2)c(N)cc1F. The summed E-state index contributed by atoms with van der Waals surface area (Å²) in [4.78, 5) is 0. The van der Waals surface area contributed by atoms with Crippen molar-refractivity contribution in [3.05, 3.63) is 41.5 Å². The lowest BCUT2D eigenvalue weighted by Crippen LogP contribution is -2.04. The lowest BCUT2D eigenvalue weighted by molar-refractivity contribution is 0.619. The van der Waals surface area contributed by atoms with Crippen LogP contribution in [0.15, 0.2) is 24.4 Å². The third-order valence-electron chi connectivity index (χ3n) is 2.56. The average molecular weight is 234 g/mol. The maximum Gasteiger partial charge on any atom is 0.128 e. The summed E-state index contributed by atoms with van der Waals surface area (Å²) in [6, 6.07) is 4.95. The Kier molecular flexibility index (Phi) is 2.99. The molecule has 0 unspecified atom stereocenters. The lowest BCUT2D eigenvalue weighted by atomic mass is 10.2. The Morgan fingerprint density at radius 1 is 1.47 bits per heavy atom. The maximum absolute atomic E-state index is 13.2. The van der Waals surface area contributed by atoms with Crippen LogP contribution in [0.25, 0.3) is 0 Å². The minimum atomic E-state index is -0.286. The minimum Gasteiger partial charge on any atom is -0.397 e. The van der Waals surface area contributed by atoms with Crippen molar-refractivity contribution in [1.29, 1.82) is 0 Å². The lowest BCUT2D eigenvalue weighted by Gasteiger charge is -2.09. The first-order chi connectivity index (χ1) is 8.06. The summed E-state index contributed by atoms with van der Waals surface area (Å²) < 4.78 is 14.9. The van der Waals surface area contributed by atoms with E-state index in [2.05, 4.69) is 10.4 Å². The van der Waals surface area contributed by atoms with Gasteiger partial charge in [-0.3, -0.25) is 4.68 Å². The fraction of sp³-hybridized carbons (Fsp3) is 0.250. The number of nitrogens with one attached hydrogen (secondary N) is 1. The van der Waals surface area contributed by atoms with Crippen LogP contribution in [0.5, 0.6) is 0 Å². The van der Waals surface area contributed by atoms with Crippen molar-refractivity contribution in [2.45, 2.75) is 13.5 Å². The van der Waals surface area contributed by atoms with Crippen molar-refractivity contribution >= 4 is 11.4 Å². The normalized spacial score (nSPS) is 10.5.